The molecule has 0 spiro atoms. The van der Waals surface area contributed by atoms with Gasteiger partial charge in [0.1, 0.15) is 5.78 Å². The second kappa shape index (κ2) is 6.57. The molecule has 4 heteroatoms. The number of carbonyl (C=O) groups is 1. The fraction of sp³-hybridized carbons (Fsp3) is 0.267. The Hall–Kier alpha value is -1.55. The Balaban J connectivity index is 1.82. The zero-order chi connectivity index (χ0) is 13.7. The van der Waals surface area contributed by atoms with Crippen LogP contribution in [0.3, 0.4) is 0 Å². The minimum atomic E-state index is -0.908. The van der Waals surface area contributed by atoms with Crippen LogP contribution in [-0.2, 0) is 17.6 Å². The van der Waals surface area contributed by atoms with Gasteiger partial charge >= 0.3 is 0 Å². The molecular weight excluding hydrogens is 266 g/mol. The molecule has 0 N–H and O–H groups in total. The quantitative estimate of drug-likeness (QED) is 0.776. The molecule has 1 aromatic heterocycles. The third-order valence-corrected chi connectivity index (χ3v) is 3.81. The number of carbonyl (C=O) groups excluding carboxylic acids is 1. The summed E-state index contributed by atoms with van der Waals surface area (Å²) < 4.78 is 26.4. The molecule has 0 unspecified atom stereocenters. The number of ketones is 1. The first-order valence-corrected chi connectivity index (χ1v) is 7.02. The van der Waals surface area contributed by atoms with Gasteiger partial charge in [-0.05, 0) is 35.9 Å². The van der Waals surface area contributed by atoms with Crippen molar-refractivity contribution in [2.24, 2.45) is 0 Å². The highest BCUT2D eigenvalue weighted by molar-refractivity contribution is 7.09. The largest absolute Gasteiger partial charge is 0.299 e. The molecule has 1 aromatic carbocycles. The Kier molecular flexibility index (Phi) is 4.80. The van der Waals surface area contributed by atoms with Crippen molar-refractivity contribution in [3.63, 3.8) is 0 Å². The van der Waals surface area contributed by atoms with Gasteiger partial charge in [-0.25, -0.2) is 8.78 Å². The van der Waals surface area contributed by atoms with Crippen LogP contribution in [0.1, 0.15) is 23.3 Å². The monoisotopic (exact) mass is 280 g/mol. The van der Waals surface area contributed by atoms with E-state index in [-0.39, 0.29) is 17.8 Å². The van der Waals surface area contributed by atoms with Crippen LogP contribution in [-0.4, -0.2) is 5.78 Å². The lowest BCUT2D eigenvalue weighted by molar-refractivity contribution is -0.118. The number of benzene rings is 1. The first-order valence-electron chi connectivity index (χ1n) is 6.14. The molecule has 2 aromatic rings. The summed E-state index contributed by atoms with van der Waals surface area (Å²) in [6, 6.07) is 7.94. The number of hydrogen-bond acceptors (Lipinski definition) is 2. The Morgan fingerprint density at radius 2 is 2.00 bits per heavy atom. The lowest BCUT2D eigenvalue weighted by Crippen LogP contribution is -2.05. The molecule has 0 aliphatic carbocycles. The van der Waals surface area contributed by atoms with Crippen molar-refractivity contribution in [2.45, 2.75) is 25.7 Å². The molecule has 0 bridgehead atoms. The number of hydrogen-bond donors (Lipinski definition) is 0. The molecule has 1 heterocycles. The smallest absolute Gasteiger partial charge is 0.162 e. The van der Waals surface area contributed by atoms with E-state index in [0.717, 1.165) is 18.9 Å². The lowest BCUT2D eigenvalue weighted by Gasteiger charge is -2.03. The molecule has 0 radical (unpaired) electrons. The number of rotatable bonds is 6. The standard InChI is InChI=1S/C15H14F2OS/c16-14-8-1-4-11(15(14)17)10-12(18)5-2-6-13-7-3-9-19-13/h1,3-4,7-9H,2,5-6,10H2. The van der Waals surface area contributed by atoms with Crippen molar-refractivity contribution in [1.82, 2.24) is 0 Å². The normalized spacial score (nSPS) is 10.6. The molecule has 0 amide bonds. The topological polar surface area (TPSA) is 17.1 Å². The number of halogens is 2. The second-order valence-corrected chi connectivity index (χ2v) is 5.39. The predicted molar refractivity (Wildman–Crippen MR) is 72.3 cm³/mol. The summed E-state index contributed by atoms with van der Waals surface area (Å²) in [6.07, 6.45) is 1.97. The van der Waals surface area contributed by atoms with E-state index in [2.05, 4.69) is 0 Å². The first-order chi connectivity index (χ1) is 9.16. The Morgan fingerprint density at radius 1 is 1.16 bits per heavy atom. The number of aryl methyl sites for hydroxylation is 1. The van der Waals surface area contributed by atoms with E-state index >= 15 is 0 Å². The molecule has 0 aliphatic heterocycles. The third kappa shape index (κ3) is 3.96. The van der Waals surface area contributed by atoms with Crippen molar-refractivity contribution in [3.8, 4) is 0 Å². The molecular formula is C15H14F2OS. The van der Waals surface area contributed by atoms with Crippen LogP contribution in [0.4, 0.5) is 8.78 Å². The Labute approximate surface area is 114 Å². The van der Waals surface area contributed by atoms with Crippen molar-refractivity contribution >= 4 is 17.1 Å². The van der Waals surface area contributed by atoms with Crippen LogP contribution in [0, 0.1) is 11.6 Å². The van der Waals surface area contributed by atoms with Crippen LogP contribution in [0.15, 0.2) is 35.7 Å². The second-order valence-electron chi connectivity index (χ2n) is 4.36. The minimum Gasteiger partial charge on any atom is -0.299 e. The van der Waals surface area contributed by atoms with Gasteiger partial charge in [-0.2, -0.15) is 0 Å². The molecule has 1 nitrogen and oxygen atoms in total. The number of Topliss-reactive ketones (excluding diaryl/α,β-unsaturated/α-hetero) is 1. The molecule has 0 aliphatic rings. The van der Waals surface area contributed by atoms with E-state index in [1.54, 1.807) is 11.3 Å². The van der Waals surface area contributed by atoms with E-state index in [0.29, 0.717) is 6.42 Å². The fourth-order valence-electron chi connectivity index (χ4n) is 1.90. The minimum absolute atomic E-state index is 0.0337. The van der Waals surface area contributed by atoms with Gasteiger partial charge < -0.3 is 0 Å². The zero-order valence-corrected chi connectivity index (χ0v) is 11.2. The highest BCUT2D eigenvalue weighted by atomic mass is 32.1. The average Bonchev–Trinajstić information content (AvgIpc) is 2.88. The highest BCUT2D eigenvalue weighted by Gasteiger charge is 2.11. The highest BCUT2D eigenvalue weighted by Crippen LogP contribution is 2.15. The van der Waals surface area contributed by atoms with Gasteiger partial charge in [0.05, 0.1) is 0 Å². The van der Waals surface area contributed by atoms with Gasteiger partial charge in [0.2, 0.25) is 0 Å². The number of thiophene rings is 1. The van der Waals surface area contributed by atoms with Crippen LogP contribution in [0.5, 0.6) is 0 Å². The summed E-state index contributed by atoms with van der Waals surface area (Å²) in [5.74, 6) is -1.86. The van der Waals surface area contributed by atoms with Gasteiger partial charge in [-0.1, -0.05) is 18.2 Å². The zero-order valence-electron chi connectivity index (χ0n) is 10.4. The molecule has 0 saturated heterocycles. The van der Waals surface area contributed by atoms with Gasteiger partial charge in [0, 0.05) is 17.7 Å². The van der Waals surface area contributed by atoms with Crippen molar-refractivity contribution in [3.05, 3.63) is 57.8 Å². The summed E-state index contributed by atoms with van der Waals surface area (Å²) in [6.45, 7) is 0. The van der Waals surface area contributed by atoms with Crippen molar-refractivity contribution in [1.29, 1.82) is 0 Å². The van der Waals surface area contributed by atoms with E-state index in [9.17, 15) is 13.6 Å². The lowest BCUT2D eigenvalue weighted by atomic mass is 10.0. The summed E-state index contributed by atoms with van der Waals surface area (Å²) in [7, 11) is 0. The molecule has 2 rings (SSSR count). The maximum atomic E-state index is 13.4. The summed E-state index contributed by atoms with van der Waals surface area (Å²) in [5.41, 5.74) is 0.140. The summed E-state index contributed by atoms with van der Waals surface area (Å²) in [4.78, 5) is 13.0. The van der Waals surface area contributed by atoms with Crippen LogP contribution in [0.25, 0.3) is 0 Å². The van der Waals surface area contributed by atoms with Crippen LogP contribution >= 0.6 is 11.3 Å². The average molecular weight is 280 g/mol. The van der Waals surface area contributed by atoms with Gasteiger partial charge in [0.15, 0.2) is 11.6 Å². The Morgan fingerprint density at radius 3 is 2.74 bits per heavy atom. The molecule has 19 heavy (non-hydrogen) atoms. The van der Waals surface area contributed by atoms with Crippen molar-refractivity contribution in [2.75, 3.05) is 0 Å². The van der Waals surface area contributed by atoms with Gasteiger partial charge in [-0.3, -0.25) is 4.79 Å². The van der Waals surface area contributed by atoms with E-state index in [4.69, 9.17) is 0 Å². The van der Waals surface area contributed by atoms with E-state index < -0.39 is 11.6 Å². The first kappa shape index (κ1) is 13.9. The Bertz CT molecular complexity index is 549. The molecule has 0 saturated carbocycles. The molecule has 100 valence electrons. The van der Waals surface area contributed by atoms with Gasteiger partial charge in [-0.15, -0.1) is 11.3 Å². The van der Waals surface area contributed by atoms with E-state index in [1.807, 2.05) is 17.5 Å². The maximum absolute atomic E-state index is 13.4. The molecule has 0 fully saturated rings. The third-order valence-electron chi connectivity index (χ3n) is 2.88. The summed E-state index contributed by atoms with van der Waals surface area (Å²) in [5, 5.41) is 2.00. The fourth-order valence-corrected chi connectivity index (χ4v) is 2.65. The van der Waals surface area contributed by atoms with E-state index in [1.165, 1.54) is 17.0 Å². The SMILES string of the molecule is O=C(CCCc1cccs1)Cc1cccc(F)c1F. The van der Waals surface area contributed by atoms with Gasteiger partial charge in [0.25, 0.3) is 0 Å². The predicted octanol–water partition coefficient (Wildman–Crippen LogP) is 4.16. The van der Waals surface area contributed by atoms with Crippen molar-refractivity contribution < 1.29 is 13.6 Å². The molecule has 0 atom stereocenters. The van der Waals surface area contributed by atoms with Crippen LogP contribution < -0.4 is 0 Å². The summed E-state index contributed by atoms with van der Waals surface area (Å²) >= 11 is 1.66. The van der Waals surface area contributed by atoms with Crippen LogP contribution in [0.2, 0.25) is 0 Å². The maximum Gasteiger partial charge on any atom is 0.162 e.